The first-order valence-electron chi connectivity index (χ1n) is 7.82. The first kappa shape index (κ1) is 16.8. The first-order chi connectivity index (χ1) is 12.2. The molecule has 2 N–H and O–H groups in total. The molecule has 0 bridgehead atoms. The SMILES string of the molecule is Cc1cc(C(F)(F)F)cc2nc(Nc3c[nH]c4ccc(Cl)cc34)n(C)c12. The highest BCUT2D eigenvalue weighted by molar-refractivity contribution is 6.31. The predicted octanol–water partition coefficient (Wildman–Crippen LogP) is 5.78. The van der Waals surface area contributed by atoms with Crippen LogP contribution in [0.3, 0.4) is 0 Å². The molecule has 2 aromatic heterocycles. The van der Waals surface area contributed by atoms with Crippen molar-refractivity contribution >= 4 is 45.2 Å². The monoisotopic (exact) mass is 378 g/mol. The Morgan fingerprint density at radius 2 is 1.96 bits per heavy atom. The molecule has 0 aliphatic rings. The first-order valence-corrected chi connectivity index (χ1v) is 8.20. The van der Waals surface area contributed by atoms with Gasteiger partial charge in [0.05, 0.1) is 22.3 Å². The number of halogens is 4. The third-order valence-corrected chi connectivity index (χ3v) is 4.61. The fourth-order valence-corrected chi connectivity index (χ4v) is 3.34. The summed E-state index contributed by atoms with van der Waals surface area (Å²) in [5, 5.41) is 4.64. The quantitative estimate of drug-likeness (QED) is 0.464. The van der Waals surface area contributed by atoms with Crippen LogP contribution in [0.1, 0.15) is 11.1 Å². The van der Waals surface area contributed by atoms with Gasteiger partial charge in [0.25, 0.3) is 0 Å². The molecule has 0 spiro atoms. The summed E-state index contributed by atoms with van der Waals surface area (Å²) in [7, 11) is 1.76. The molecule has 0 fully saturated rings. The molecule has 0 saturated carbocycles. The van der Waals surface area contributed by atoms with E-state index < -0.39 is 11.7 Å². The second kappa shape index (κ2) is 5.67. The number of aromatic amines is 1. The van der Waals surface area contributed by atoms with E-state index in [-0.39, 0.29) is 0 Å². The van der Waals surface area contributed by atoms with Gasteiger partial charge < -0.3 is 14.9 Å². The van der Waals surface area contributed by atoms with Gasteiger partial charge in [-0.2, -0.15) is 13.2 Å². The van der Waals surface area contributed by atoms with Gasteiger partial charge in [-0.25, -0.2) is 4.98 Å². The molecule has 134 valence electrons. The third kappa shape index (κ3) is 2.68. The Hall–Kier alpha value is -2.67. The maximum absolute atomic E-state index is 13.1. The Labute approximate surface area is 151 Å². The standard InChI is InChI=1S/C18H14ClF3N4/c1-9-5-10(18(20,21)22)6-14-16(9)26(2)17(24-14)25-15-8-23-13-4-3-11(19)7-12(13)15/h3-8,23H,1-2H3,(H,24,25). The summed E-state index contributed by atoms with van der Waals surface area (Å²) in [4.78, 5) is 7.48. The molecule has 4 nitrogen and oxygen atoms in total. The van der Waals surface area contributed by atoms with Crippen molar-refractivity contribution in [2.45, 2.75) is 13.1 Å². The number of benzene rings is 2. The number of anilines is 2. The van der Waals surface area contributed by atoms with Crippen LogP contribution in [-0.4, -0.2) is 14.5 Å². The maximum atomic E-state index is 13.1. The largest absolute Gasteiger partial charge is 0.416 e. The zero-order valence-corrected chi connectivity index (χ0v) is 14.6. The minimum atomic E-state index is -4.41. The van der Waals surface area contributed by atoms with Gasteiger partial charge in [-0.15, -0.1) is 0 Å². The van der Waals surface area contributed by atoms with Crippen molar-refractivity contribution < 1.29 is 13.2 Å². The number of hydrogen-bond acceptors (Lipinski definition) is 2. The molecule has 2 heterocycles. The van der Waals surface area contributed by atoms with Crippen LogP contribution in [0.2, 0.25) is 5.02 Å². The molecule has 0 amide bonds. The molecule has 2 aromatic carbocycles. The van der Waals surface area contributed by atoms with Crippen LogP contribution < -0.4 is 5.32 Å². The lowest BCUT2D eigenvalue weighted by atomic mass is 10.1. The molecule has 26 heavy (non-hydrogen) atoms. The number of nitrogens with one attached hydrogen (secondary N) is 2. The summed E-state index contributed by atoms with van der Waals surface area (Å²) < 4.78 is 40.9. The van der Waals surface area contributed by atoms with Crippen molar-refractivity contribution in [1.82, 2.24) is 14.5 Å². The number of fused-ring (bicyclic) bond motifs is 2. The molecular weight excluding hydrogens is 365 g/mol. The zero-order chi connectivity index (χ0) is 18.6. The average molecular weight is 379 g/mol. The van der Waals surface area contributed by atoms with Gasteiger partial charge in [0.1, 0.15) is 0 Å². The van der Waals surface area contributed by atoms with Gasteiger partial charge >= 0.3 is 6.18 Å². The number of nitrogens with zero attached hydrogens (tertiary/aromatic N) is 2. The number of imidazole rings is 1. The molecule has 0 aliphatic carbocycles. The number of rotatable bonds is 2. The van der Waals surface area contributed by atoms with Gasteiger partial charge in [0.2, 0.25) is 5.95 Å². The summed E-state index contributed by atoms with van der Waals surface area (Å²) in [6.45, 7) is 1.65. The van der Waals surface area contributed by atoms with Crippen molar-refractivity contribution in [3.8, 4) is 0 Å². The van der Waals surface area contributed by atoms with Gasteiger partial charge in [0.15, 0.2) is 0 Å². The van der Waals surface area contributed by atoms with E-state index in [1.807, 2.05) is 12.1 Å². The molecule has 4 rings (SSSR count). The molecule has 4 aromatic rings. The van der Waals surface area contributed by atoms with Crippen LogP contribution >= 0.6 is 11.6 Å². The molecule has 0 unspecified atom stereocenters. The van der Waals surface area contributed by atoms with E-state index in [2.05, 4.69) is 15.3 Å². The van der Waals surface area contributed by atoms with Gasteiger partial charge in [-0.3, -0.25) is 0 Å². The minimum absolute atomic E-state index is 0.292. The van der Waals surface area contributed by atoms with Crippen LogP contribution in [0.4, 0.5) is 24.8 Å². The lowest BCUT2D eigenvalue weighted by Crippen LogP contribution is -2.05. The second-order valence-electron chi connectivity index (χ2n) is 6.17. The highest BCUT2D eigenvalue weighted by atomic mass is 35.5. The van der Waals surface area contributed by atoms with Crippen molar-refractivity contribution in [1.29, 1.82) is 0 Å². The third-order valence-electron chi connectivity index (χ3n) is 4.38. The summed E-state index contributed by atoms with van der Waals surface area (Å²) in [5.41, 5.74) is 2.39. The average Bonchev–Trinajstić information content (AvgIpc) is 3.09. The minimum Gasteiger partial charge on any atom is -0.359 e. The second-order valence-corrected chi connectivity index (χ2v) is 6.61. The number of H-pyrrole nitrogens is 1. The number of hydrogen-bond donors (Lipinski definition) is 2. The van der Waals surface area contributed by atoms with Gasteiger partial charge in [-0.1, -0.05) is 11.6 Å². The van der Waals surface area contributed by atoms with Crippen LogP contribution in [0.15, 0.2) is 36.5 Å². The highest BCUT2D eigenvalue weighted by Crippen LogP contribution is 2.35. The van der Waals surface area contributed by atoms with Crippen LogP contribution in [0, 0.1) is 6.92 Å². The summed E-state index contributed by atoms with van der Waals surface area (Å²) in [5.74, 6) is 0.448. The van der Waals surface area contributed by atoms with Crippen LogP contribution in [0.5, 0.6) is 0 Å². The molecular formula is C18H14ClF3N4. The maximum Gasteiger partial charge on any atom is 0.416 e. The molecule has 0 aliphatic heterocycles. The van der Waals surface area contributed by atoms with E-state index in [1.54, 1.807) is 30.8 Å². The molecule has 8 heteroatoms. The number of alkyl halides is 3. The van der Waals surface area contributed by atoms with E-state index in [1.165, 1.54) is 0 Å². The Morgan fingerprint density at radius 3 is 2.69 bits per heavy atom. The Kier molecular flexibility index (Phi) is 3.66. The summed E-state index contributed by atoms with van der Waals surface area (Å²) in [6, 6.07) is 7.66. The number of aromatic nitrogens is 3. The van der Waals surface area contributed by atoms with Crippen molar-refractivity contribution in [3.63, 3.8) is 0 Å². The van der Waals surface area contributed by atoms with E-state index in [4.69, 9.17) is 11.6 Å². The lowest BCUT2D eigenvalue weighted by molar-refractivity contribution is -0.137. The highest BCUT2D eigenvalue weighted by Gasteiger charge is 2.31. The van der Waals surface area contributed by atoms with E-state index in [0.29, 0.717) is 27.6 Å². The summed E-state index contributed by atoms with van der Waals surface area (Å²) >= 11 is 6.06. The summed E-state index contributed by atoms with van der Waals surface area (Å²) in [6.07, 6.45) is -2.63. The van der Waals surface area contributed by atoms with Crippen molar-refractivity contribution in [2.75, 3.05) is 5.32 Å². The zero-order valence-electron chi connectivity index (χ0n) is 13.9. The topological polar surface area (TPSA) is 45.6 Å². The molecule has 0 radical (unpaired) electrons. The fraction of sp³-hybridized carbons (Fsp3) is 0.167. The Balaban J connectivity index is 1.83. The van der Waals surface area contributed by atoms with Crippen LogP contribution in [-0.2, 0) is 13.2 Å². The normalized spacial score (nSPS) is 12.2. The smallest absolute Gasteiger partial charge is 0.359 e. The van der Waals surface area contributed by atoms with E-state index in [9.17, 15) is 13.2 Å². The molecule has 0 atom stereocenters. The van der Waals surface area contributed by atoms with Crippen molar-refractivity contribution in [3.05, 3.63) is 52.7 Å². The predicted molar refractivity (Wildman–Crippen MR) is 97.0 cm³/mol. The molecule has 0 saturated heterocycles. The fourth-order valence-electron chi connectivity index (χ4n) is 3.17. The van der Waals surface area contributed by atoms with E-state index >= 15 is 0 Å². The van der Waals surface area contributed by atoms with Gasteiger partial charge in [-0.05, 0) is 42.8 Å². The van der Waals surface area contributed by atoms with Gasteiger partial charge in [0, 0.05) is 29.2 Å². The Morgan fingerprint density at radius 1 is 1.19 bits per heavy atom. The van der Waals surface area contributed by atoms with Crippen molar-refractivity contribution in [2.24, 2.45) is 7.05 Å². The lowest BCUT2D eigenvalue weighted by Gasteiger charge is -2.09. The Bertz CT molecular complexity index is 1140. The van der Waals surface area contributed by atoms with Crippen LogP contribution in [0.25, 0.3) is 21.9 Å². The number of aryl methyl sites for hydroxylation is 2. The van der Waals surface area contributed by atoms with E-state index in [0.717, 1.165) is 28.7 Å².